The minimum absolute atomic E-state index is 0.557. The molecule has 7 atom stereocenters. The van der Waals surface area contributed by atoms with Crippen molar-refractivity contribution in [1.29, 1.82) is 0 Å². The third-order valence-corrected chi connectivity index (χ3v) is 9.63. The predicted molar refractivity (Wildman–Crippen MR) is 108 cm³/mol. The zero-order chi connectivity index (χ0) is 17.8. The van der Waals surface area contributed by atoms with Crippen LogP contribution in [-0.2, 0) is 0 Å². The first-order valence-corrected chi connectivity index (χ1v) is 11.3. The molecule has 142 valence electrons. The average molecular weight is 344 g/mol. The molecule has 4 rings (SSSR count). The summed E-state index contributed by atoms with van der Waals surface area (Å²) in [5, 5.41) is 0. The van der Waals surface area contributed by atoms with Gasteiger partial charge in [-0.3, -0.25) is 0 Å². The predicted octanol–water partition coefficient (Wildman–Crippen LogP) is 6.30. The van der Waals surface area contributed by atoms with Gasteiger partial charge in [-0.1, -0.05) is 38.8 Å². The van der Waals surface area contributed by atoms with Crippen molar-refractivity contribution in [2.24, 2.45) is 34.5 Å². The molecule has 1 nitrogen and oxygen atoms in total. The van der Waals surface area contributed by atoms with Crippen molar-refractivity contribution >= 4 is 0 Å². The molecule has 0 heterocycles. The highest BCUT2D eigenvalue weighted by atomic mass is 15.1. The van der Waals surface area contributed by atoms with Gasteiger partial charge in [-0.15, -0.1) is 0 Å². The van der Waals surface area contributed by atoms with Crippen LogP contribution in [0.3, 0.4) is 0 Å². The minimum atomic E-state index is 0.557. The number of rotatable bonds is 3. The van der Waals surface area contributed by atoms with E-state index in [2.05, 4.69) is 45.8 Å². The van der Waals surface area contributed by atoms with Crippen LogP contribution >= 0.6 is 0 Å². The summed E-state index contributed by atoms with van der Waals surface area (Å²) in [4.78, 5) is 2.50. The van der Waals surface area contributed by atoms with Gasteiger partial charge in [0.1, 0.15) is 0 Å². The number of hydrogen-bond donors (Lipinski definition) is 0. The molecule has 0 amide bonds. The minimum Gasteiger partial charge on any atom is -0.306 e. The summed E-state index contributed by atoms with van der Waals surface area (Å²) in [6.45, 7) is 7.71. The molecule has 0 aliphatic heterocycles. The van der Waals surface area contributed by atoms with E-state index in [9.17, 15) is 0 Å². The summed E-state index contributed by atoms with van der Waals surface area (Å²) in [7, 11) is 4.59. The van der Waals surface area contributed by atoms with Crippen molar-refractivity contribution < 1.29 is 0 Å². The highest BCUT2D eigenvalue weighted by Gasteiger charge is 2.58. The molecule has 4 aliphatic rings. The lowest BCUT2D eigenvalue weighted by Crippen LogP contribution is -2.54. The third kappa shape index (κ3) is 2.67. The molecule has 0 spiro atoms. The summed E-state index contributed by atoms with van der Waals surface area (Å²) < 4.78 is 0. The van der Waals surface area contributed by atoms with Crippen LogP contribution in [0.5, 0.6) is 0 Å². The van der Waals surface area contributed by atoms with E-state index in [0.717, 1.165) is 29.7 Å². The standard InChI is InChI=1S/C24H41N/c1-6-7-17-9-11-21-20-10-8-18-16-19(25(4)5)12-14-24(18,3)22(20)13-15-23(17,21)2/h9,18-22H,6-8,10-16H2,1-5H3. The fourth-order valence-electron chi connectivity index (χ4n) is 8.02. The van der Waals surface area contributed by atoms with E-state index in [1.807, 2.05) is 5.57 Å². The van der Waals surface area contributed by atoms with Gasteiger partial charge in [0.05, 0.1) is 0 Å². The van der Waals surface area contributed by atoms with Crippen molar-refractivity contribution in [3.05, 3.63) is 11.6 Å². The zero-order valence-electron chi connectivity index (χ0n) is 17.5. The molecule has 0 radical (unpaired) electrons. The molecular formula is C24H41N. The topological polar surface area (TPSA) is 3.24 Å². The molecule has 0 aromatic heterocycles. The fraction of sp³-hybridized carbons (Fsp3) is 0.917. The second-order valence-electron chi connectivity index (χ2n) is 10.7. The summed E-state index contributed by atoms with van der Waals surface area (Å²) >= 11 is 0. The Morgan fingerprint density at radius 2 is 1.84 bits per heavy atom. The Hall–Kier alpha value is -0.300. The zero-order valence-corrected chi connectivity index (χ0v) is 17.5. The first-order valence-electron chi connectivity index (χ1n) is 11.3. The number of hydrogen-bond acceptors (Lipinski definition) is 1. The molecule has 1 heteroatoms. The summed E-state index contributed by atoms with van der Waals surface area (Å²) in [6, 6.07) is 0.841. The van der Waals surface area contributed by atoms with Crippen molar-refractivity contribution in [1.82, 2.24) is 4.90 Å². The van der Waals surface area contributed by atoms with Gasteiger partial charge in [0.25, 0.3) is 0 Å². The van der Waals surface area contributed by atoms with Gasteiger partial charge in [0, 0.05) is 6.04 Å². The first kappa shape index (κ1) is 18.1. The van der Waals surface area contributed by atoms with Crippen LogP contribution in [0.15, 0.2) is 11.6 Å². The van der Waals surface area contributed by atoms with Crippen molar-refractivity contribution in [3.8, 4) is 0 Å². The van der Waals surface area contributed by atoms with Crippen molar-refractivity contribution in [2.75, 3.05) is 14.1 Å². The Balaban J connectivity index is 1.55. The number of nitrogens with zero attached hydrogens (tertiary/aromatic N) is 1. The van der Waals surface area contributed by atoms with Gasteiger partial charge in [-0.2, -0.15) is 0 Å². The summed E-state index contributed by atoms with van der Waals surface area (Å²) in [6.07, 6.45) is 17.2. The molecule has 0 aromatic carbocycles. The van der Waals surface area contributed by atoms with E-state index in [0.29, 0.717) is 10.8 Å². The van der Waals surface area contributed by atoms with Crippen LogP contribution in [0.2, 0.25) is 0 Å². The smallest absolute Gasteiger partial charge is 0.00922 e. The highest BCUT2D eigenvalue weighted by molar-refractivity contribution is 5.25. The third-order valence-electron chi connectivity index (χ3n) is 9.63. The molecule has 25 heavy (non-hydrogen) atoms. The molecular weight excluding hydrogens is 302 g/mol. The SMILES string of the molecule is CCCC1=CCC2C3CCC4CC(N(C)C)CCC4(C)C3CCC12C. The average Bonchev–Trinajstić information content (AvgIpc) is 2.91. The van der Waals surface area contributed by atoms with Gasteiger partial charge in [-0.05, 0) is 106 Å². The van der Waals surface area contributed by atoms with E-state index >= 15 is 0 Å². The summed E-state index contributed by atoms with van der Waals surface area (Å²) in [5.74, 6) is 3.99. The van der Waals surface area contributed by atoms with Gasteiger partial charge in [-0.25, -0.2) is 0 Å². The van der Waals surface area contributed by atoms with Crippen molar-refractivity contribution in [2.45, 2.75) is 91.0 Å². The Labute approximate surface area is 156 Å². The largest absolute Gasteiger partial charge is 0.306 e. The lowest BCUT2D eigenvalue weighted by molar-refractivity contribution is -0.109. The summed E-state index contributed by atoms with van der Waals surface area (Å²) in [5.41, 5.74) is 3.04. The molecule has 4 aliphatic carbocycles. The fourth-order valence-corrected chi connectivity index (χ4v) is 8.02. The lowest BCUT2D eigenvalue weighted by Gasteiger charge is -2.61. The Morgan fingerprint density at radius 1 is 1.04 bits per heavy atom. The molecule has 7 unspecified atom stereocenters. The first-order chi connectivity index (χ1) is 11.9. The molecule has 0 aromatic rings. The number of allylic oxidation sites excluding steroid dienone is 2. The monoisotopic (exact) mass is 343 g/mol. The van der Waals surface area contributed by atoms with Crippen LogP contribution in [0.1, 0.15) is 85.0 Å². The molecule has 0 saturated heterocycles. The second kappa shape index (κ2) is 6.39. The van der Waals surface area contributed by atoms with Gasteiger partial charge >= 0.3 is 0 Å². The maximum absolute atomic E-state index is 2.71. The van der Waals surface area contributed by atoms with Crippen LogP contribution in [-0.4, -0.2) is 25.0 Å². The van der Waals surface area contributed by atoms with Gasteiger partial charge in [0.2, 0.25) is 0 Å². The molecule has 3 fully saturated rings. The number of fused-ring (bicyclic) bond motifs is 5. The Bertz CT molecular complexity index is 534. The lowest BCUT2D eigenvalue weighted by atomic mass is 9.44. The molecule has 0 bridgehead atoms. The van der Waals surface area contributed by atoms with Crippen LogP contribution in [0, 0.1) is 34.5 Å². The van der Waals surface area contributed by atoms with E-state index in [-0.39, 0.29) is 0 Å². The maximum atomic E-state index is 2.71. The van der Waals surface area contributed by atoms with E-state index in [4.69, 9.17) is 0 Å². The van der Waals surface area contributed by atoms with E-state index in [1.165, 1.54) is 64.2 Å². The second-order valence-corrected chi connectivity index (χ2v) is 10.7. The van der Waals surface area contributed by atoms with Crippen LogP contribution in [0.25, 0.3) is 0 Å². The Morgan fingerprint density at radius 3 is 2.56 bits per heavy atom. The Kier molecular flexibility index (Phi) is 4.63. The highest BCUT2D eigenvalue weighted by Crippen LogP contribution is 2.66. The normalized spacial score (nSPS) is 49.4. The van der Waals surface area contributed by atoms with Crippen molar-refractivity contribution in [3.63, 3.8) is 0 Å². The molecule has 3 saturated carbocycles. The van der Waals surface area contributed by atoms with Crippen LogP contribution < -0.4 is 0 Å². The van der Waals surface area contributed by atoms with Gasteiger partial charge in [0.15, 0.2) is 0 Å². The van der Waals surface area contributed by atoms with E-state index in [1.54, 1.807) is 0 Å². The van der Waals surface area contributed by atoms with Crippen LogP contribution in [0.4, 0.5) is 0 Å². The van der Waals surface area contributed by atoms with E-state index < -0.39 is 0 Å². The van der Waals surface area contributed by atoms with Gasteiger partial charge < -0.3 is 4.90 Å². The molecule has 0 N–H and O–H groups in total. The maximum Gasteiger partial charge on any atom is 0.00922 e. The quantitative estimate of drug-likeness (QED) is 0.544.